The number of carbonyl (C=O) groups is 2. The predicted molar refractivity (Wildman–Crippen MR) is 177 cm³/mol. The molecule has 0 bridgehead atoms. The van der Waals surface area contributed by atoms with Gasteiger partial charge in [0.05, 0.1) is 22.2 Å². The molecule has 1 aromatic carbocycles. The molecule has 246 valence electrons. The van der Waals surface area contributed by atoms with E-state index >= 15 is 0 Å². The van der Waals surface area contributed by atoms with Crippen molar-refractivity contribution in [3.8, 4) is 0 Å². The number of rotatable bonds is 13. The van der Waals surface area contributed by atoms with Crippen molar-refractivity contribution in [2.24, 2.45) is 17.3 Å². The fourth-order valence-corrected chi connectivity index (χ4v) is 9.25. The Morgan fingerprint density at radius 1 is 1.00 bits per heavy atom. The van der Waals surface area contributed by atoms with Gasteiger partial charge in [-0.25, -0.2) is 0 Å². The monoisotopic (exact) mass is 619 g/mol. The molecular weight excluding hydrogens is 566 g/mol. The Balaban J connectivity index is 1.28. The summed E-state index contributed by atoms with van der Waals surface area (Å²) in [5, 5.41) is 17.6. The lowest BCUT2D eigenvalue weighted by Gasteiger charge is -2.53. The molecule has 4 aliphatic rings. The molecular formula is C36H53N5O4. The molecule has 2 aliphatic carbocycles. The van der Waals surface area contributed by atoms with Gasteiger partial charge in [-0.15, -0.1) is 0 Å². The third-order valence-electron chi connectivity index (χ3n) is 11.6. The Kier molecular flexibility index (Phi) is 11.3. The smallest absolute Gasteiger partial charge is 0.269 e. The van der Waals surface area contributed by atoms with Crippen LogP contribution in [0.25, 0.3) is 0 Å². The van der Waals surface area contributed by atoms with E-state index in [2.05, 4.69) is 15.5 Å². The number of carbonyl (C=O) groups excluding carboxylic acids is 2. The number of amides is 2. The van der Waals surface area contributed by atoms with Crippen LogP contribution in [0, 0.1) is 27.4 Å². The number of dihydropyridines is 1. The minimum atomic E-state index is -0.431. The van der Waals surface area contributed by atoms with E-state index < -0.39 is 10.8 Å². The fraction of sp³-hybridized carbons (Fsp3) is 0.667. The zero-order valence-corrected chi connectivity index (χ0v) is 27.4. The number of nitro benzene ring substituents is 1. The Morgan fingerprint density at radius 2 is 1.60 bits per heavy atom. The number of nitrogens with one attached hydrogen (secondary N) is 2. The number of nitrogens with zero attached hydrogens (tertiary/aromatic N) is 3. The van der Waals surface area contributed by atoms with Crippen LogP contribution in [0.1, 0.15) is 115 Å². The Morgan fingerprint density at radius 3 is 2.11 bits per heavy atom. The minimum Gasteiger partial charge on any atom is -0.360 e. The van der Waals surface area contributed by atoms with Gasteiger partial charge in [0.25, 0.3) is 5.69 Å². The molecule has 2 saturated carbocycles. The molecule has 2 heterocycles. The molecule has 0 aromatic heterocycles. The Labute approximate surface area is 269 Å². The van der Waals surface area contributed by atoms with Crippen LogP contribution in [-0.4, -0.2) is 53.7 Å². The number of non-ortho nitro benzene ring substituents is 1. The molecule has 2 N–H and O–H groups in total. The van der Waals surface area contributed by atoms with Crippen molar-refractivity contribution in [1.29, 1.82) is 0 Å². The second-order valence-corrected chi connectivity index (χ2v) is 13.8. The number of allylic oxidation sites excluding steroid dienone is 2. The molecule has 1 saturated heterocycles. The number of nitro groups is 1. The maximum absolute atomic E-state index is 12.7. The summed E-state index contributed by atoms with van der Waals surface area (Å²) >= 11 is 0. The van der Waals surface area contributed by atoms with E-state index in [0.29, 0.717) is 30.5 Å². The van der Waals surface area contributed by atoms with Gasteiger partial charge in [0.15, 0.2) is 0 Å². The van der Waals surface area contributed by atoms with Crippen LogP contribution in [0.4, 0.5) is 5.69 Å². The second kappa shape index (κ2) is 15.4. The highest BCUT2D eigenvalue weighted by Crippen LogP contribution is 2.54. The van der Waals surface area contributed by atoms with E-state index in [0.717, 1.165) is 67.0 Å². The van der Waals surface area contributed by atoms with Crippen LogP contribution in [0.5, 0.6) is 0 Å². The van der Waals surface area contributed by atoms with Crippen molar-refractivity contribution in [1.82, 2.24) is 20.4 Å². The lowest BCUT2D eigenvalue weighted by molar-refractivity contribution is -0.384. The van der Waals surface area contributed by atoms with E-state index in [1.54, 1.807) is 17.0 Å². The third kappa shape index (κ3) is 7.29. The van der Waals surface area contributed by atoms with E-state index in [9.17, 15) is 19.7 Å². The van der Waals surface area contributed by atoms with E-state index in [1.165, 1.54) is 89.2 Å². The molecule has 9 heteroatoms. The summed E-state index contributed by atoms with van der Waals surface area (Å²) in [5.74, 6) is 1.38. The SMILES string of the molecule is CCC1=C(N(C=O)CCCN2CCC(C3CCCCC3)(C3CCCCC3)CC2)C(c2ccc([N+](=O)[O-])cc2)C(NC=O)=C(C)N1. The van der Waals surface area contributed by atoms with Gasteiger partial charge in [-0.1, -0.05) is 57.6 Å². The van der Waals surface area contributed by atoms with Gasteiger partial charge in [-0.3, -0.25) is 19.7 Å². The lowest BCUT2D eigenvalue weighted by atomic mass is 9.55. The summed E-state index contributed by atoms with van der Waals surface area (Å²) in [4.78, 5) is 39.7. The molecule has 1 unspecified atom stereocenters. The number of likely N-dealkylation sites (tertiary alicyclic amines) is 1. The molecule has 9 nitrogen and oxygen atoms in total. The minimum absolute atomic E-state index is 0.00398. The van der Waals surface area contributed by atoms with Crippen molar-refractivity contribution < 1.29 is 14.5 Å². The maximum Gasteiger partial charge on any atom is 0.269 e. The van der Waals surface area contributed by atoms with Crippen LogP contribution in [-0.2, 0) is 9.59 Å². The number of hydrogen-bond acceptors (Lipinski definition) is 6. The number of piperidine rings is 1. The van der Waals surface area contributed by atoms with Crippen LogP contribution < -0.4 is 10.6 Å². The van der Waals surface area contributed by atoms with Gasteiger partial charge >= 0.3 is 0 Å². The zero-order valence-electron chi connectivity index (χ0n) is 27.4. The molecule has 2 amide bonds. The third-order valence-corrected chi connectivity index (χ3v) is 11.6. The van der Waals surface area contributed by atoms with Gasteiger partial charge < -0.3 is 20.4 Å². The molecule has 45 heavy (non-hydrogen) atoms. The quantitative estimate of drug-likeness (QED) is 0.140. The van der Waals surface area contributed by atoms with E-state index in [1.807, 2.05) is 13.8 Å². The average molecular weight is 620 g/mol. The van der Waals surface area contributed by atoms with E-state index in [4.69, 9.17) is 0 Å². The first-order chi connectivity index (χ1) is 21.9. The standard InChI is InChI=1S/C36H53N5O4/c1-3-32-35(33(34(37-25-42)27(2)38-32)28-15-17-31(18-16-28)41(44)45)40(26-43)22-10-21-39-23-19-36(20-24-39,29-11-6-4-7-12-29)30-13-8-5-9-14-30/h15-18,25-26,29-30,33,38H,3-14,19-24H2,1-2H3,(H,37,42). The van der Waals surface area contributed by atoms with Crippen molar-refractivity contribution in [2.75, 3.05) is 26.2 Å². The summed E-state index contributed by atoms with van der Waals surface area (Å²) in [6, 6.07) is 6.42. The first-order valence-electron chi connectivity index (χ1n) is 17.5. The van der Waals surface area contributed by atoms with Crippen molar-refractivity contribution >= 4 is 18.5 Å². The summed E-state index contributed by atoms with van der Waals surface area (Å²) < 4.78 is 0. The molecule has 0 radical (unpaired) electrons. The first kappa shape index (κ1) is 33.2. The van der Waals surface area contributed by atoms with Gasteiger partial charge in [-0.05, 0) is 101 Å². The molecule has 1 atom stereocenters. The zero-order chi connectivity index (χ0) is 31.8. The predicted octanol–water partition coefficient (Wildman–Crippen LogP) is 6.97. The van der Waals surface area contributed by atoms with Gasteiger partial charge in [0.2, 0.25) is 12.8 Å². The summed E-state index contributed by atoms with van der Waals surface area (Å²) in [7, 11) is 0. The van der Waals surface area contributed by atoms with Crippen molar-refractivity contribution in [3.63, 3.8) is 0 Å². The maximum atomic E-state index is 12.7. The average Bonchev–Trinajstić information content (AvgIpc) is 3.08. The summed E-state index contributed by atoms with van der Waals surface area (Å²) in [5.41, 5.74) is 4.48. The Bertz CT molecular complexity index is 1220. The second-order valence-electron chi connectivity index (χ2n) is 13.8. The van der Waals surface area contributed by atoms with Crippen molar-refractivity contribution in [2.45, 2.75) is 110 Å². The number of benzene rings is 1. The van der Waals surface area contributed by atoms with Crippen LogP contribution in [0.2, 0.25) is 0 Å². The Hall–Kier alpha value is -3.20. The van der Waals surface area contributed by atoms with Gasteiger partial charge in [0.1, 0.15) is 0 Å². The first-order valence-corrected chi connectivity index (χ1v) is 17.5. The highest BCUT2D eigenvalue weighted by molar-refractivity contribution is 5.60. The van der Waals surface area contributed by atoms with Gasteiger partial charge in [0, 0.05) is 30.1 Å². The van der Waals surface area contributed by atoms with Crippen LogP contribution in [0.3, 0.4) is 0 Å². The summed E-state index contributed by atoms with van der Waals surface area (Å²) in [6.45, 7) is 7.77. The van der Waals surface area contributed by atoms with Crippen LogP contribution in [0.15, 0.2) is 47.1 Å². The largest absolute Gasteiger partial charge is 0.360 e. The van der Waals surface area contributed by atoms with Crippen LogP contribution >= 0.6 is 0 Å². The highest BCUT2D eigenvalue weighted by Gasteiger charge is 2.47. The normalized spacial score (nSPS) is 23.4. The highest BCUT2D eigenvalue weighted by atomic mass is 16.6. The summed E-state index contributed by atoms with van der Waals surface area (Å²) in [6.07, 6.45) is 19.9. The molecule has 2 aliphatic heterocycles. The molecule has 1 aromatic rings. The molecule has 0 spiro atoms. The molecule has 5 rings (SSSR count). The van der Waals surface area contributed by atoms with E-state index in [-0.39, 0.29) is 5.69 Å². The van der Waals surface area contributed by atoms with Gasteiger partial charge in [-0.2, -0.15) is 0 Å². The van der Waals surface area contributed by atoms with Crippen molar-refractivity contribution in [3.05, 3.63) is 62.7 Å². The number of hydrogen-bond donors (Lipinski definition) is 2. The molecule has 3 fully saturated rings. The fourth-order valence-electron chi connectivity index (χ4n) is 9.25. The topological polar surface area (TPSA) is 108 Å². The lowest BCUT2D eigenvalue weighted by Crippen LogP contribution is -2.49.